The summed E-state index contributed by atoms with van der Waals surface area (Å²) in [6, 6.07) is 15.2. The molecule has 220 valence electrons. The van der Waals surface area contributed by atoms with E-state index in [9.17, 15) is 4.79 Å². The van der Waals surface area contributed by atoms with E-state index in [0.29, 0.717) is 23.1 Å². The Morgan fingerprint density at radius 2 is 1.88 bits per heavy atom. The van der Waals surface area contributed by atoms with Gasteiger partial charge in [0.25, 0.3) is 5.91 Å². The van der Waals surface area contributed by atoms with Gasteiger partial charge in [-0.05, 0) is 92.8 Å². The van der Waals surface area contributed by atoms with E-state index < -0.39 is 0 Å². The van der Waals surface area contributed by atoms with E-state index >= 15 is 0 Å². The van der Waals surface area contributed by atoms with Crippen LogP contribution in [-0.4, -0.2) is 55.6 Å². The molecule has 1 amide bonds. The van der Waals surface area contributed by atoms with Crippen LogP contribution in [-0.2, 0) is 13.6 Å². The number of imidazole rings is 1. The zero-order valence-corrected chi connectivity index (χ0v) is 25.3. The SMILES string of the molecule is COc1cc(C(=O)N2CC3CCC2[C@@H]3N)cc2nc(-c3cc4ccc(-c5cnc(C)c(C)c5)cc4n3CC3CC3)n(C)c12. The third-order valence-electron chi connectivity index (χ3n) is 10.3. The van der Waals surface area contributed by atoms with Crippen molar-refractivity contribution in [3.05, 3.63) is 65.5 Å². The van der Waals surface area contributed by atoms with Crippen molar-refractivity contribution >= 4 is 27.8 Å². The Bertz CT molecular complexity index is 1930. The van der Waals surface area contributed by atoms with Crippen LogP contribution in [0, 0.1) is 25.7 Å². The number of hydrogen-bond acceptors (Lipinski definition) is 5. The quantitative estimate of drug-likeness (QED) is 0.275. The van der Waals surface area contributed by atoms with Gasteiger partial charge in [0.2, 0.25) is 0 Å². The minimum atomic E-state index is 0.0197. The van der Waals surface area contributed by atoms with Crippen molar-refractivity contribution in [2.24, 2.45) is 24.6 Å². The number of pyridine rings is 1. The van der Waals surface area contributed by atoms with Crippen molar-refractivity contribution in [2.45, 2.75) is 58.2 Å². The molecule has 3 aromatic heterocycles. The standard InChI is InChI=1S/C35H38N6O2/c1-19-11-26(16-37-20(19)2)22-7-8-23-14-30(40(29(23)13-22)17-21-5-6-21)34-38-27-12-25(15-31(43-4)33(27)39(34)3)35(42)41-18-24-9-10-28(41)32(24)36/h7-8,11-16,21,24,28,32H,5-6,9-10,17-18,36H2,1-4H3/t24?,28?,32-/m1/s1. The molecule has 3 fully saturated rings. The lowest BCUT2D eigenvalue weighted by atomic mass is 10.0. The van der Waals surface area contributed by atoms with E-state index in [1.54, 1.807) is 7.11 Å². The Labute approximate surface area is 251 Å². The number of rotatable bonds is 6. The highest BCUT2D eigenvalue weighted by Crippen LogP contribution is 2.40. The third-order valence-corrected chi connectivity index (χ3v) is 10.3. The van der Waals surface area contributed by atoms with Crippen molar-refractivity contribution in [2.75, 3.05) is 13.7 Å². The van der Waals surface area contributed by atoms with Crippen LogP contribution in [0.15, 0.2) is 48.7 Å². The van der Waals surface area contributed by atoms with Crippen molar-refractivity contribution in [1.29, 1.82) is 0 Å². The predicted molar refractivity (Wildman–Crippen MR) is 169 cm³/mol. The van der Waals surface area contributed by atoms with Crippen LogP contribution >= 0.6 is 0 Å². The minimum Gasteiger partial charge on any atom is -0.494 e. The van der Waals surface area contributed by atoms with Gasteiger partial charge in [0.05, 0.1) is 18.3 Å². The van der Waals surface area contributed by atoms with Crippen LogP contribution < -0.4 is 10.5 Å². The number of methoxy groups -OCH3 is 1. The van der Waals surface area contributed by atoms with E-state index in [1.807, 2.05) is 37.2 Å². The average molecular weight is 575 g/mol. The summed E-state index contributed by atoms with van der Waals surface area (Å²) in [6.07, 6.45) is 6.57. The van der Waals surface area contributed by atoms with Gasteiger partial charge in [-0.25, -0.2) is 4.98 Å². The summed E-state index contributed by atoms with van der Waals surface area (Å²) in [4.78, 5) is 25.5. The second kappa shape index (κ2) is 9.67. The number of amides is 1. The summed E-state index contributed by atoms with van der Waals surface area (Å²) in [5, 5.41) is 1.19. The zero-order chi connectivity index (χ0) is 29.6. The Balaban J connectivity index is 1.24. The first-order valence-corrected chi connectivity index (χ1v) is 15.5. The maximum Gasteiger partial charge on any atom is 0.254 e. The average Bonchev–Trinajstić information content (AvgIpc) is 3.42. The van der Waals surface area contributed by atoms with Crippen LogP contribution in [0.3, 0.4) is 0 Å². The first kappa shape index (κ1) is 26.5. The summed E-state index contributed by atoms with van der Waals surface area (Å²) < 4.78 is 10.4. The van der Waals surface area contributed by atoms with Crippen molar-refractivity contribution in [3.8, 4) is 28.4 Å². The van der Waals surface area contributed by atoms with Crippen LogP contribution in [0.5, 0.6) is 5.75 Å². The lowest BCUT2D eigenvalue weighted by Gasteiger charge is -2.27. The second-order valence-corrected chi connectivity index (χ2v) is 13.0. The molecule has 8 heteroatoms. The van der Waals surface area contributed by atoms with Crippen LogP contribution in [0.25, 0.3) is 44.6 Å². The molecule has 43 heavy (non-hydrogen) atoms. The Hall–Kier alpha value is -4.17. The molecule has 0 radical (unpaired) electrons. The fraction of sp³-hybridized carbons (Fsp3) is 0.400. The molecule has 2 saturated carbocycles. The molecule has 4 heterocycles. The number of hydrogen-bond donors (Lipinski definition) is 1. The maximum absolute atomic E-state index is 13.7. The molecule has 2 aromatic carbocycles. The number of fused-ring (bicyclic) bond motifs is 4. The van der Waals surface area contributed by atoms with E-state index in [1.165, 1.54) is 29.3 Å². The van der Waals surface area contributed by atoms with Gasteiger partial charge in [0.1, 0.15) is 11.3 Å². The number of piperidine rings is 1. The van der Waals surface area contributed by atoms with Gasteiger partial charge in [-0.3, -0.25) is 9.78 Å². The van der Waals surface area contributed by atoms with E-state index in [-0.39, 0.29) is 18.0 Å². The van der Waals surface area contributed by atoms with E-state index in [2.05, 4.69) is 51.4 Å². The lowest BCUT2D eigenvalue weighted by Crippen LogP contribution is -2.41. The predicted octanol–water partition coefficient (Wildman–Crippen LogP) is 5.85. The van der Waals surface area contributed by atoms with Gasteiger partial charge >= 0.3 is 0 Å². The molecule has 8 rings (SSSR count). The number of likely N-dealkylation sites (tertiary alicyclic amines) is 1. The molecule has 5 aromatic rings. The molecule has 2 unspecified atom stereocenters. The molecule has 8 nitrogen and oxygen atoms in total. The monoisotopic (exact) mass is 574 g/mol. The third kappa shape index (κ3) is 4.18. The lowest BCUT2D eigenvalue weighted by molar-refractivity contribution is 0.0700. The number of aromatic nitrogens is 4. The molecule has 3 aliphatic rings. The highest BCUT2D eigenvalue weighted by atomic mass is 16.5. The first-order chi connectivity index (χ1) is 20.8. The molecule has 1 saturated heterocycles. The van der Waals surface area contributed by atoms with Crippen molar-refractivity contribution < 1.29 is 9.53 Å². The number of aryl methyl sites for hydroxylation is 3. The number of carbonyl (C=O) groups excluding carboxylic acids is 1. The smallest absolute Gasteiger partial charge is 0.254 e. The van der Waals surface area contributed by atoms with Crippen molar-refractivity contribution in [3.63, 3.8) is 0 Å². The molecule has 1 aliphatic heterocycles. The molecular weight excluding hydrogens is 536 g/mol. The van der Waals surface area contributed by atoms with Gasteiger partial charge in [-0.15, -0.1) is 0 Å². The van der Waals surface area contributed by atoms with E-state index in [4.69, 9.17) is 15.5 Å². The fourth-order valence-electron chi connectivity index (χ4n) is 7.44. The van der Waals surface area contributed by atoms with Crippen LogP contribution in [0.4, 0.5) is 0 Å². The van der Waals surface area contributed by atoms with Gasteiger partial charge in [0.15, 0.2) is 5.82 Å². The molecular formula is C35H38N6O2. The number of nitrogens with two attached hydrogens (primary N) is 1. The largest absolute Gasteiger partial charge is 0.494 e. The van der Waals surface area contributed by atoms with Gasteiger partial charge in [-0.2, -0.15) is 0 Å². The molecule has 2 aliphatic carbocycles. The summed E-state index contributed by atoms with van der Waals surface area (Å²) in [5.41, 5.74) is 15.5. The number of carbonyl (C=O) groups is 1. The Kier molecular flexibility index (Phi) is 5.95. The minimum absolute atomic E-state index is 0.0197. The van der Waals surface area contributed by atoms with Gasteiger partial charge in [0, 0.05) is 66.1 Å². The normalized spacial score (nSPS) is 21.4. The molecule has 2 bridgehead atoms. The second-order valence-electron chi connectivity index (χ2n) is 13.0. The number of benzene rings is 2. The summed E-state index contributed by atoms with van der Waals surface area (Å²) in [6.45, 7) is 5.85. The molecule has 0 spiro atoms. The summed E-state index contributed by atoms with van der Waals surface area (Å²) in [5.74, 6) is 2.63. The van der Waals surface area contributed by atoms with Crippen LogP contribution in [0.2, 0.25) is 0 Å². The Morgan fingerprint density at radius 3 is 2.58 bits per heavy atom. The number of ether oxygens (including phenoxy) is 1. The summed E-state index contributed by atoms with van der Waals surface area (Å²) >= 11 is 0. The maximum atomic E-state index is 13.7. The topological polar surface area (TPSA) is 91.2 Å². The van der Waals surface area contributed by atoms with Gasteiger partial charge < -0.3 is 24.5 Å². The number of nitrogens with zero attached hydrogens (tertiary/aromatic N) is 5. The first-order valence-electron chi connectivity index (χ1n) is 15.5. The van der Waals surface area contributed by atoms with Crippen LogP contribution in [0.1, 0.15) is 47.3 Å². The fourth-order valence-corrected chi connectivity index (χ4v) is 7.44. The highest BCUT2D eigenvalue weighted by molar-refractivity contribution is 6.00. The Morgan fingerprint density at radius 1 is 1.05 bits per heavy atom. The van der Waals surface area contributed by atoms with Crippen molar-refractivity contribution in [1.82, 2.24) is 24.0 Å². The van der Waals surface area contributed by atoms with Gasteiger partial charge in [-0.1, -0.05) is 12.1 Å². The zero-order valence-electron chi connectivity index (χ0n) is 25.3. The van der Waals surface area contributed by atoms with E-state index in [0.717, 1.165) is 65.3 Å². The molecule has 2 N–H and O–H groups in total. The highest BCUT2D eigenvalue weighted by Gasteiger charge is 2.47. The molecule has 3 atom stereocenters. The summed E-state index contributed by atoms with van der Waals surface area (Å²) in [7, 11) is 3.70.